The van der Waals surface area contributed by atoms with Gasteiger partial charge in [-0.05, 0) is 37.2 Å². The summed E-state index contributed by atoms with van der Waals surface area (Å²) in [7, 11) is 0. The van der Waals surface area contributed by atoms with Crippen LogP contribution in [0.2, 0.25) is 0 Å². The van der Waals surface area contributed by atoms with E-state index in [9.17, 15) is 9.59 Å². The molecule has 5 nitrogen and oxygen atoms in total. The highest BCUT2D eigenvalue weighted by molar-refractivity contribution is 5.74. The van der Waals surface area contributed by atoms with Crippen LogP contribution >= 0.6 is 0 Å². The van der Waals surface area contributed by atoms with Crippen LogP contribution in [0.1, 0.15) is 50.0 Å². The summed E-state index contributed by atoms with van der Waals surface area (Å²) in [4.78, 5) is 22.2. The zero-order valence-corrected chi connectivity index (χ0v) is 12.8. The zero-order valence-electron chi connectivity index (χ0n) is 12.8. The third kappa shape index (κ3) is 5.39. The first-order valence-corrected chi connectivity index (χ1v) is 7.96. The quantitative estimate of drug-likeness (QED) is 0.707. The van der Waals surface area contributed by atoms with Crippen LogP contribution in [0.4, 0.5) is 4.79 Å². The molecule has 2 rings (SSSR count). The van der Waals surface area contributed by atoms with Crippen molar-refractivity contribution in [2.24, 2.45) is 0 Å². The molecule has 22 heavy (non-hydrogen) atoms. The first kappa shape index (κ1) is 16.3. The van der Waals surface area contributed by atoms with Crippen molar-refractivity contribution in [1.29, 1.82) is 0 Å². The Morgan fingerprint density at radius 3 is 2.68 bits per heavy atom. The Labute approximate surface area is 131 Å². The molecule has 1 aromatic rings. The molecule has 2 atom stereocenters. The van der Waals surface area contributed by atoms with Crippen molar-refractivity contribution in [1.82, 2.24) is 10.6 Å². The van der Waals surface area contributed by atoms with Crippen molar-refractivity contribution in [2.45, 2.75) is 50.5 Å². The van der Waals surface area contributed by atoms with Crippen LogP contribution in [-0.2, 0) is 4.79 Å². The summed E-state index contributed by atoms with van der Waals surface area (Å²) in [6.45, 7) is 0.396. The second-order valence-electron chi connectivity index (χ2n) is 5.87. The number of hydrogen-bond donors (Lipinski definition) is 3. The van der Waals surface area contributed by atoms with E-state index in [1.54, 1.807) is 0 Å². The van der Waals surface area contributed by atoms with Gasteiger partial charge in [-0.3, -0.25) is 4.79 Å². The van der Waals surface area contributed by atoms with Crippen molar-refractivity contribution in [2.75, 3.05) is 6.54 Å². The topological polar surface area (TPSA) is 78.4 Å². The van der Waals surface area contributed by atoms with E-state index in [4.69, 9.17) is 5.11 Å². The lowest BCUT2D eigenvalue weighted by Gasteiger charge is -2.30. The minimum absolute atomic E-state index is 0.0831. The number of amides is 2. The number of urea groups is 1. The zero-order chi connectivity index (χ0) is 15.8. The van der Waals surface area contributed by atoms with Gasteiger partial charge in [0, 0.05) is 19.0 Å². The van der Waals surface area contributed by atoms with Gasteiger partial charge in [0.15, 0.2) is 0 Å². The highest BCUT2D eigenvalue weighted by Gasteiger charge is 2.24. The molecule has 0 saturated heterocycles. The SMILES string of the molecule is O=C(O)CCCNC(=O)NC1CCCC(c2ccccc2)C1. The number of carbonyl (C=O) groups excluding carboxylic acids is 1. The average molecular weight is 304 g/mol. The van der Waals surface area contributed by atoms with Crippen LogP contribution in [0, 0.1) is 0 Å². The first-order valence-electron chi connectivity index (χ1n) is 7.96. The van der Waals surface area contributed by atoms with Gasteiger partial charge in [-0.25, -0.2) is 4.79 Å². The molecule has 0 bridgehead atoms. The Bertz CT molecular complexity index is 490. The fourth-order valence-corrected chi connectivity index (χ4v) is 3.03. The van der Waals surface area contributed by atoms with E-state index < -0.39 is 5.97 Å². The van der Waals surface area contributed by atoms with Gasteiger partial charge >= 0.3 is 12.0 Å². The lowest BCUT2D eigenvalue weighted by molar-refractivity contribution is -0.137. The van der Waals surface area contributed by atoms with Gasteiger partial charge < -0.3 is 15.7 Å². The Kier molecular flexibility index (Phi) is 6.25. The third-order valence-corrected chi connectivity index (χ3v) is 4.13. The summed E-state index contributed by atoms with van der Waals surface area (Å²) < 4.78 is 0. The monoisotopic (exact) mass is 304 g/mol. The maximum Gasteiger partial charge on any atom is 0.315 e. The minimum atomic E-state index is -0.833. The van der Waals surface area contributed by atoms with Gasteiger partial charge in [-0.1, -0.05) is 36.8 Å². The molecule has 0 radical (unpaired) electrons. The number of aliphatic carboxylic acids is 1. The summed E-state index contributed by atoms with van der Waals surface area (Å²) in [5.41, 5.74) is 1.34. The van der Waals surface area contributed by atoms with Crippen LogP contribution in [0.3, 0.4) is 0 Å². The second-order valence-corrected chi connectivity index (χ2v) is 5.87. The number of carboxylic acid groups (broad SMARTS) is 1. The van der Waals surface area contributed by atoms with Crippen molar-refractivity contribution in [3.05, 3.63) is 35.9 Å². The van der Waals surface area contributed by atoms with Crippen molar-refractivity contribution >= 4 is 12.0 Å². The van der Waals surface area contributed by atoms with Crippen LogP contribution in [0.15, 0.2) is 30.3 Å². The van der Waals surface area contributed by atoms with Gasteiger partial charge in [0.2, 0.25) is 0 Å². The smallest absolute Gasteiger partial charge is 0.315 e. The number of rotatable bonds is 6. The van der Waals surface area contributed by atoms with E-state index in [0.717, 1.165) is 19.3 Å². The molecule has 2 amide bonds. The van der Waals surface area contributed by atoms with E-state index in [1.807, 2.05) is 6.07 Å². The van der Waals surface area contributed by atoms with Crippen LogP contribution in [-0.4, -0.2) is 29.7 Å². The third-order valence-electron chi connectivity index (χ3n) is 4.13. The Balaban J connectivity index is 1.73. The number of hydrogen-bond acceptors (Lipinski definition) is 2. The summed E-state index contributed by atoms with van der Waals surface area (Å²) in [5, 5.41) is 14.3. The highest BCUT2D eigenvalue weighted by Crippen LogP contribution is 2.32. The molecule has 1 aliphatic carbocycles. The molecule has 0 aliphatic heterocycles. The molecule has 1 aliphatic rings. The van der Waals surface area contributed by atoms with E-state index in [0.29, 0.717) is 18.9 Å². The maximum atomic E-state index is 11.8. The van der Waals surface area contributed by atoms with Gasteiger partial charge in [0.25, 0.3) is 0 Å². The fourth-order valence-electron chi connectivity index (χ4n) is 3.03. The van der Waals surface area contributed by atoms with Crippen molar-refractivity contribution < 1.29 is 14.7 Å². The standard InChI is InChI=1S/C17H24N2O3/c20-16(21)10-5-11-18-17(22)19-15-9-4-8-14(12-15)13-6-2-1-3-7-13/h1-3,6-7,14-15H,4-5,8-12H2,(H,20,21)(H2,18,19,22). The number of carbonyl (C=O) groups is 2. The van der Waals surface area contributed by atoms with Crippen LogP contribution in [0.5, 0.6) is 0 Å². The van der Waals surface area contributed by atoms with Gasteiger partial charge in [-0.2, -0.15) is 0 Å². The normalized spacial score (nSPS) is 21.1. The Morgan fingerprint density at radius 2 is 1.95 bits per heavy atom. The number of benzene rings is 1. The summed E-state index contributed by atoms with van der Waals surface area (Å²) in [6, 6.07) is 10.4. The fraction of sp³-hybridized carbons (Fsp3) is 0.529. The van der Waals surface area contributed by atoms with Gasteiger partial charge in [-0.15, -0.1) is 0 Å². The predicted octanol–water partition coefficient (Wildman–Crippen LogP) is 2.88. The maximum absolute atomic E-state index is 11.8. The molecular weight excluding hydrogens is 280 g/mol. The van der Waals surface area contributed by atoms with Gasteiger partial charge in [0.05, 0.1) is 0 Å². The largest absolute Gasteiger partial charge is 0.481 e. The molecule has 5 heteroatoms. The van der Waals surface area contributed by atoms with Crippen LogP contribution < -0.4 is 10.6 Å². The molecule has 1 aromatic carbocycles. The lowest BCUT2D eigenvalue weighted by Crippen LogP contribution is -2.44. The molecule has 1 fully saturated rings. The molecule has 0 heterocycles. The highest BCUT2D eigenvalue weighted by atomic mass is 16.4. The molecule has 0 aromatic heterocycles. The molecule has 0 spiro atoms. The summed E-state index contributed by atoms with van der Waals surface area (Å²) in [5.74, 6) is -0.326. The number of carboxylic acids is 1. The molecule has 120 valence electrons. The predicted molar refractivity (Wildman–Crippen MR) is 84.8 cm³/mol. The molecule has 2 unspecified atom stereocenters. The van der Waals surface area contributed by atoms with E-state index in [2.05, 4.69) is 34.9 Å². The summed E-state index contributed by atoms with van der Waals surface area (Å²) in [6.07, 6.45) is 4.80. The van der Waals surface area contributed by atoms with E-state index >= 15 is 0 Å². The van der Waals surface area contributed by atoms with Crippen LogP contribution in [0.25, 0.3) is 0 Å². The van der Waals surface area contributed by atoms with E-state index in [-0.39, 0.29) is 18.5 Å². The molecule has 3 N–H and O–H groups in total. The average Bonchev–Trinajstić information content (AvgIpc) is 2.52. The van der Waals surface area contributed by atoms with Crippen molar-refractivity contribution in [3.63, 3.8) is 0 Å². The Morgan fingerprint density at radius 1 is 1.18 bits per heavy atom. The minimum Gasteiger partial charge on any atom is -0.481 e. The lowest BCUT2D eigenvalue weighted by atomic mass is 9.81. The molecule has 1 saturated carbocycles. The second kappa shape index (κ2) is 8.41. The van der Waals surface area contributed by atoms with Crippen molar-refractivity contribution in [3.8, 4) is 0 Å². The molecular formula is C17H24N2O3. The summed E-state index contributed by atoms with van der Waals surface area (Å²) >= 11 is 0. The Hall–Kier alpha value is -2.04. The number of nitrogens with one attached hydrogen (secondary N) is 2. The first-order chi connectivity index (χ1) is 10.6. The van der Waals surface area contributed by atoms with E-state index in [1.165, 1.54) is 12.0 Å². The van der Waals surface area contributed by atoms with Gasteiger partial charge in [0.1, 0.15) is 0 Å².